The number of likely N-dealkylation sites (tertiary alicyclic amines) is 1. The Hall–Kier alpha value is -3.11. The standard InChI is InChI=1S/C26H25F4N3O2S/c1-17-13-24(23(27)15-18-5-7-22(8-6-18)36-26(28,29)30)31-33(17)16-19-3-2-4-20(14-19)25(35)32-11-9-21(34)10-12-32/h2-8,13-15,21,34H,9-12,16H2,1H3/b23-15-. The van der Waals surface area contributed by atoms with Gasteiger partial charge in [0, 0.05) is 29.2 Å². The lowest BCUT2D eigenvalue weighted by Crippen LogP contribution is -2.40. The van der Waals surface area contributed by atoms with Gasteiger partial charge in [-0.05, 0) is 79.1 Å². The van der Waals surface area contributed by atoms with Crippen molar-refractivity contribution in [3.63, 3.8) is 0 Å². The molecule has 2 heterocycles. The van der Waals surface area contributed by atoms with Gasteiger partial charge in [-0.1, -0.05) is 24.3 Å². The maximum atomic E-state index is 14.9. The number of halogens is 4. The van der Waals surface area contributed by atoms with Gasteiger partial charge in [0.25, 0.3) is 5.91 Å². The lowest BCUT2D eigenvalue weighted by atomic mass is 10.1. The van der Waals surface area contributed by atoms with E-state index in [4.69, 9.17) is 0 Å². The Bertz CT molecular complexity index is 1250. The number of piperidine rings is 1. The van der Waals surface area contributed by atoms with E-state index in [-0.39, 0.29) is 34.4 Å². The third-order valence-corrected chi connectivity index (χ3v) is 6.63. The Morgan fingerprint density at radius 2 is 1.83 bits per heavy atom. The normalized spacial score (nSPS) is 15.4. The van der Waals surface area contributed by atoms with Crippen LogP contribution in [0.3, 0.4) is 0 Å². The molecular weight excluding hydrogens is 494 g/mol. The molecule has 2 aromatic carbocycles. The maximum absolute atomic E-state index is 14.9. The van der Waals surface area contributed by atoms with Crippen LogP contribution in [0.4, 0.5) is 17.6 Å². The van der Waals surface area contributed by atoms with Crippen LogP contribution >= 0.6 is 11.8 Å². The van der Waals surface area contributed by atoms with Crippen molar-refractivity contribution in [1.29, 1.82) is 0 Å². The molecule has 0 bridgehead atoms. The van der Waals surface area contributed by atoms with Gasteiger partial charge in [0.1, 0.15) is 5.69 Å². The predicted molar refractivity (Wildman–Crippen MR) is 131 cm³/mol. The summed E-state index contributed by atoms with van der Waals surface area (Å²) < 4.78 is 53.9. The molecule has 10 heteroatoms. The van der Waals surface area contributed by atoms with E-state index in [1.165, 1.54) is 30.3 Å². The van der Waals surface area contributed by atoms with Crippen LogP contribution in [-0.2, 0) is 6.54 Å². The van der Waals surface area contributed by atoms with E-state index in [1.54, 1.807) is 40.8 Å². The largest absolute Gasteiger partial charge is 0.446 e. The van der Waals surface area contributed by atoms with E-state index >= 15 is 0 Å². The van der Waals surface area contributed by atoms with E-state index < -0.39 is 11.3 Å². The summed E-state index contributed by atoms with van der Waals surface area (Å²) in [5, 5.41) is 14.0. The molecule has 0 aliphatic carbocycles. The van der Waals surface area contributed by atoms with Crippen LogP contribution in [0.15, 0.2) is 59.5 Å². The van der Waals surface area contributed by atoms with Crippen LogP contribution in [0.5, 0.6) is 0 Å². The van der Waals surface area contributed by atoms with Crippen molar-refractivity contribution < 1.29 is 27.5 Å². The van der Waals surface area contributed by atoms with Gasteiger partial charge >= 0.3 is 5.51 Å². The van der Waals surface area contributed by atoms with Crippen LogP contribution < -0.4 is 0 Å². The van der Waals surface area contributed by atoms with Crippen LogP contribution in [-0.4, -0.2) is 50.4 Å². The molecule has 0 radical (unpaired) electrons. The number of aromatic nitrogens is 2. The van der Waals surface area contributed by atoms with Crippen molar-refractivity contribution >= 4 is 29.6 Å². The average Bonchev–Trinajstić information content (AvgIpc) is 3.20. The Balaban J connectivity index is 1.45. The fraction of sp³-hybridized carbons (Fsp3) is 0.308. The summed E-state index contributed by atoms with van der Waals surface area (Å²) in [6.07, 6.45) is 2.00. The van der Waals surface area contributed by atoms with Gasteiger partial charge in [0.05, 0.1) is 12.6 Å². The smallest absolute Gasteiger partial charge is 0.393 e. The lowest BCUT2D eigenvalue weighted by Gasteiger charge is -2.29. The van der Waals surface area contributed by atoms with E-state index in [9.17, 15) is 27.5 Å². The topological polar surface area (TPSA) is 58.4 Å². The second kappa shape index (κ2) is 10.9. The summed E-state index contributed by atoms with van der Waals surface area (Å²) in [7, 11) is 0. The molecule has 5 nitrogen and oxygen atoms in total. The minimum atomic E-state index is -4.38. The summed E-state index contributed by atoms with van der Waals surface area (Å²) in [5.74, 6) is -0.695. The van der Waals surface area contributed by atoms with Crippen LogP contribution in [0.25, 0.3) is 11.9 Å². The Morgan fingerprint density at radius 3 is 2.50 bits per heavy atom. The molecule has 0 spiro atoms. The monoisotopic (exact) mass is 519 g/mol. The molecule has 4 rings (SSSR count). The highest BCUT2D eigenvalue weighted by molar-refractivity contribution is 8.00. The molecule has 190 valence electrons. The van der Waals surface area contributed by atoms with Gasteiger partial charge in [-0.2, -0.15) is 18.3 Å². The zero-order chi connectivity index (χ0) is 25.9. The van der Waals surface area contributed by atoms with Crippen molar-refractivity contribution in [2.45, 2.75) is 42.8 Å². The predicted octanol–water partition coefficient (Wildman–Crippen LogP) is 5.92. The second-order valence-electron chi connectivity index (χ2n) is 8.66. The minimum Gasteiger partial charge on any atom is -0.393 e. The van der Waals surface area contributed by atoms with Crippen molar-refractivity contribution in [2.75, 3.05) is 13.1 Å². The van der Waals surface area contributed by atoms with E-state index in [0.717, 1.165) is 5.56 Å². The summed E-state index contributed by atoms with van der Waals surface area (Å²) in [6.45, 7) is 3.16. The fourth-order valence-electron chi connectivity index (χ4n) is 4.00. The number of carbonyl (C=O) groups is 1. The number of amides is 1. The molecule has 1 N–H and O–H groups in total. The van der Waals surface area contributed by atoms with E-state index in [0.29, 0.717) is 49.3 Å². The van der Waals surface area contributed by atoms with E-state index in [1.807, 2.05) is 6.07 Å². The molecule has 3 aromatic rings. The molecule has 0 saturated carbocycles. The van der Waals surface area contributed by atoms with Gasteiger partial charge in [-0.15, -0.1) is 0 Å². The highest BCUT2D eigenvalue weighted by Gasteiger charge is 2.29. The number of hydrogen-bond acceptors (Lipinski definition) is 4. The second-order valence-corrected chi connectivity index (χ2v) is 9.80. The number of thioether (sulfide) groups is 1. The van der Waals surface area contributed by atoms with Crippen molar-refractivity contribution in [3.05, 3.63) is 82.7 Å². The molecule has 0 unspecified atom stereocenters. The summed E-state index contributed by atoms with van der Waals surface area (Å²) in [6, 6.07) is 14.2. The van der Waals surface area contributed by atoms with Crippen LogP contribution in [0.2, 0.25) is 0 Å². The number of hydrogen-bond donors (Lipinski definition) is 1. The van der Waals surface area contributed by atoms with Gasteiger partial charge in [-0.3, -0.25) is 9.48 Å². The molecule has 1 amide bonds. The first-order valence-electron chi connectivity index (χ1n) is 11.4. The fourth-order valence-corrected chi connectivity index (χ4v) is 4.54. The number of aliphatic hydroxyl groups is 1. The molecule has 0 atom stereocenters. The first-order valence-corrected chi connectivity index (χ1v) is 12.2. The Labute approximate surface area is 210 Å². The summed E-state index contributed by atoms with van der Waals surface area (Å²) >= 11 is -0.222. The number of benzene rings is 2. The van der Waals surface area contributed by atoms with Crippen LogP contribution in [0, 0.1) is 6.92 Å². The summed E-state index contributed by atoms with van der Waals surface area (Å²) in [5.41, 5.74) is -1.75. The molecule has 1 fully saturated rings. The maximum Gasteiger partial charge on any atom is 0.446 e. The molecule has 1 aliphatic rings. The third kappa shape index (κ3) is 6.76. The third-order valence-electron chi connectivity index (χ3n) is 5.89. The zero-order valence-electron chi connectivity index (χ0n) is 19.5. The number of aliphatic hydroxyl groups excluding tert-OH is 1. The minimum absolute atomic E-state index is 0.0266. The molecule has 1 saturated heterocycles. The highest BCUT2D eigenvalue weighted by atomic mass is 32.2. The number of nitrogens with zero attached hydrogens (tertiary/aromatic N) is 3. The summed E-state index contributed by atoms with van der Waals surface area (Å²) in [4.78, 5) is 14.6. The number of alkyl halides is 3. The van der Waals surface area contributed by atoms with Crippen molar-refractivity contribution in [1.82, 2.24) is 14.7 Å². The first kappa shape index (κ1) is 26.0. The van der Waals surface area contributed by atoms with Gasteiger partial charge in [-0.25, -0.2) is 4.39 Å². The number of carbonyl (C=O) groups excluding carboxylic acids is 1. The quantitative estimate of drug-likeness (QED) is 0.325. The van der Waals surface area contributed by atoms with Gasteiger partial charge < -0.3 is 10.0 Å². The first-order chi connectivity index (χ1) is 17.1. The Morgan fingerprint density at radius 1 is 1.14 bits per heavy atom. The SMILES string of the molecule is Cc1cc(/C(F)=C/c2ccc(SC(F)(F)F)cc2)nn1Cc1cccc(C(=O)N2CCC(O)CC2)c1. The van der Waals surface area contributed by atoms with Gasteiger partial charge in [0.15, 0.2) is 5.83 Å². The molecule has 1 aromatic heterocycles. The van der Waals surface area contributed by atoms with Crippen molar-refractivity contribution in [3.8, 4) is 0 Å². The zero-order valence-corrected chi connectivity index (χ0v) is 20.3. The lowest BCUT2D eigenvalue weighted by molar-refractivity contribution is -0.0328. The molecule has 36 heavy (non-hydrogen) atoms. The Kier molecular flexibility index (Phi) is 7.85. The number of aryl methyl sites for hydroxylation is 1. The number of rotatable bonds is 6. The van der Waals surface area contributed by atoms with Crippen molar-refractivity contribution in [2.24, 2.45) is 0 Å². The molecular formula is C26H25F4N3O2S. The highest BCUT2D eigenvalue weighted by Crippen LogP contribution is 2.37. The average molecular weight is 520 g/mol. The molecule has 1 aliphatic heterocycles. The van der Waals surface area contributed by atoms with E-state index in [2.05, 4.69) is 5.10 Å². The van der Waals surface area contributed by atoms with Gasteiger partial charge in [0.2, 0.25) is 0 Å². The van der Waals surface area contributed by atoms with Crippen LogP contribution in [0.1, 0.15) is 45.7 Å².